The number of benzene rings is 1. The van der Waals surface area contributed by atoms with E-state index in [1.165, 1.54) is 19.1 Å². The molecule has 3 heterocycles. The van der Waals surface area contributed by atoms with Crippen LogP contribution in [0.1, 0.15) is 34.2 Å². The molecule has 0 unspecified atom stereocenters. The molecule has 0 spiro atoms. The minimum absolute atomic E-state index is 0.0554. The molecule has 0 saturated carbocycles. The third kappa shape index (κ3) is 4.43. The maximum atomic E-state index is 13.3. The van der Waals surface area contributed by atoms with Crippen molar-refractivity contribution in [2.45, 2.75) is 26.2 Å². The number of aromatic nitrogens is 4. The lowest BCUT2D eigenvalue weighted by atomic mass is 10.0. The van der Waals surface area contributed by atoms with Crippen LogP contribution in [0, 0.1) is 6.92 Å². The number of aryl methyl sites for hydroxylation is 1. The predicted octanol–water partition coefficient (Wildman–Crippen LogP) is 5.27. The summed E-state index contributed by atoms with van der Waals surface area (Å²) in [6, 6.07) is 5.81. The number of rotatable bonds is 4. The van der Waals surface area contributed by atoms with Gasteiger partial charge in [-0.05, 0) is 43.7 Å². The van der Waals surface area contributed by atoms with Crippen LogP contribution in [0.4, 0.5) is 26.3 Å². The molecule has 4 aromatic rings. The van der Waals surface area contributed by atoms with Gasteiger partial charge in [0.1, 0.15) is 5.69 Å². The summed E-state index contributed by atoms with van der Waals surface area (Å²) in [5.41, 5.74) is -3.04. The Morgan fingerprint density at radius 2 is 1.64 bits per heavy atom. The molecule has 4 rings (SSSR count). The molecular weight excluding hydrogens is 494 g/mol. The summed E-state index contributed by atoms with van der Waals surface area (Å²) in [7, 11) is 0. The van der Waals surface area contributed by atoms with Gasteiger partial charge in [0.05, 0.1) is 17.9 Å². The molecule has 0 fully saturated rings. The van der Waals surface area contributed by atoms with Crippen molar-refractivity contribution in [3.05, 3.63) is 75.5 Å². The number of fused-ring (bicyclic) bond motifs is 1. The van der Waals surface area contributed by atoms with Crippen LogP contribution >= 0.6 is 0 Å². The summed E-state index contributed by atoms with van der Waals surface area (Å²) >= 11 is 0. The van der Waals surface area contributed by atoms with Gasteiger partial charge in [-0.1, -0.05) is 12.1 Å². The standard InChI is InChI=1S/C23H16F6N4O3/c1-3-36-21(35)17-18(13-6-9-15(30-10-13)23(27,28)29)31-19-16(11(2)32-33(19)20(17)34)12-4-7-14(8-5-12)22(24,25)26/h4-10,32H,3H2,1-2H3. The smallest absolute Gasteiger partial charge is 0.433 e. The van der Waals surface area contributed by atoms with Crippen molar-refractivity contribution in [3.63, 3.8) is 0 Å². The summed E-state index contributed by atoms with van der Waals surface area (Å²) in [6.45, 7) is 2.96. The molecule has 0 aliphatic carbocycles. The first-order valence-electron chi connectivity index (χ1n) is 10.4. The van der Waals surface area contributed by atoms with Crippen molar-refractivity contribution in [1.82, 2.24) is 19.6 Å². The Kier molecular flexibility index (Phi) is 6.10. The minimum Gasteiger partial charge on any atom is -0.462 e. The van der Waals surface area contributed by atoms with Crippen LogP contribution in [0.15, 0.2) is 47.4 Å². The topological polar surface area (TPSA) is 89.3 Å². The van der Waals surface area contributed by atoms with Crippen LogP contribution in [0.2, 0.25) is 0 Å². The predicted molar refractivity (Wildman–Crippen MR) is 115 cm³/mol. The highest BCUT2D eigenvalue weighted by molar-refractivity contribution is 5.97. The summed E-state index contributed by atoms with van der Waals surface area (Å²) in [5.74, 6) is -1.05. The molecule has 0 aliphatic heterocycles. The normalized spacial score (nSPS) is 12.2. The van der Waals surface area contributed by atoms with Crippen molar-refractivity contribution in [2.75, 3.05) is 6.61 Å². The maximum Gasteiger partial charge on any atom is 0.433 e. The van der Waals surface area contributed by atoms with Crippen LogP contribution in [-0.4, -0.2) is 32.2 Å². The first kappa shape index (κ1) is 24.9. The molecule has 1 aromatic carbocycles. The Hall–Kier alpha value is -4.16. The Bertz CT molecular complexity index is 1500. The van der Waals surface area contributed by atoms with E-state index >= 15 is 0 Å². The lowest BCUT2D eigenvalue weighted by molar-refractivity contribution is -0.141. The summed E-state index contributed by atoms with van der Waals surface area (Å²) < 4.78 is 83.7. The van der Waals surface area contributed by atoms with E-state index < -0.39 is 40.7 Å². The zero-order valence-electron chi connectivity index (χ0n) is 18.6. The fourth-order valence-electron chi connectivity index (χ4n) is 3.65. The van der Waals surface area contributed by atoms with Gasteiger partial charge in [-0.25, -0.2) is 14.3 Å². The fraction of sp³-hybridized carbons (Fsp3) is 0.217. The van der Waals surface area contributed by atoms with E-state index in [4.69, 9.17) is 4.74 Å². The number of pyridine rings is 1. The van der Waals surface area contributed by atoms with Crippen molar-refractivity contribution in [2.24, 2.45) is 0 Å². The number of nitrogens with zero attached hydrogens (tertiary/aromatic N) is 3. The molecule has 0 saturated heterocycles. The third-order valence-corrected chi connectivity index (χ3v) is 5.27. The molecule has 0 bridgehead atoms. The van der Waals surface area contributed by atoms with Gasteiger partial charge in [0.25, 0.3) is 5.56 Å². The van der Waals surface area contributed by atoms with E-state index in [9.17, 15) is 35.9 Å². The minimum atomic E-state index is -4.72. The van der Waals surface area contributed by atoms with Crippen LogP contribution in [0.25, 0.3) is 28.0 Å². The zero-order chi connectivity index (χ0) is 26.4. The number of H-pyrrole nitrogens is 1. The van der Waals surface area contributed by atoms with Gasteiger partial charge in [-0.15, -0.1) is 0 Å². The van der Waals surface area contributed by atoms with Crippen LogP contribution in [0.3, 0.4) is 0 Å². The number of carbonyl (C=O) groups is 1. The molecule has 0 amide bonds. The summed E-state index contributed by atoms with van der Waals surface area (Å²) in [6.07, 6.45) is -8.45. The van der Waals surface area contributed by atoms with Gasteiger partial charge in [0.2, 0.25) is 0 Å². The molecule has 7 nitrogen and oxygen atoms in total. The van der Waals surface area contributed by atoms with Gasteiger partial charge in [0.15, 0.2) is 11.2 Å². The number of alkyl halides is 6. The fourth-order valence-corrected chi connectivity index (χ4v) is 3.65. The first-order valence-corrected chi connectivity index (χ1v) is 10.4. The van der Waals surface area contributed by atoms with E-state index in [0.29, 0.717) is 11.8 Å². The van der Waals surface area contributed by atoms with Crippen molar-refractivity contribution >= 4 is 11.6 Å². The molecule has 0 atom stereocenters. The number of nitrogens with one attached hydrogen (secondary N) is 1. The number of carbonyl (C=O) groups excluding carboxylic acids is 1. The van der Waals surface area contributed by atoms with Crippen molar-refractivity contribution in [1.29, 1.82) is 0 Å². The molecule has 3 aromatic heterocycles. The number of aromatic amines is 1. The molecule has 0 aliphatic rings. The second kappa shape index (κ2) is 8.81. The number of hydrogen-bond acceptors (Lipinski definition) is 5. The quantitative estimate of drug-likeness (QED) is 0.298. The lowest BCUT2D eigenvalue weighted by Gasteiger charge is -2.11. The van der Waals surface area contributed by atoms with Gasteiger partial charge < -0.3 is 4.74 Å². The van der Waals surface area contributed by atoms with Crippen LogP contribution < -0.4 is 5.56 Å². The highest BCUT2D eigenvalue weighted by Gasteiger charge is 2.33. The van der Waals surface area contributed by atoms with Crippen LogP contribution in [-0.2, 0) is 17.1 Å². The van der Waals surface area contributed by atoms with E-state index in [1.54, 1.807) is 6.92 Å². The van der Waals surface area contributed by atoms with Gasteiger partial charge in [-0.3, -0.25) is 14.9 Å². The molecule has 0 radical (unpaired) electrons. The number of ether oxygens (including phenoxy) is 1. The number of esters is 1. The van der Waals surface area contributed by atoms with E-state index in [-0.39, 0.29) is 34.6 Å². The average Bonchev–Trinajstić information content (AvgIpc) is 3.14. The largest absolute Gasteiger partial charge is 0.462 e. The molecule has 1 N–H and O–H groups in total. The van der Waals surface area contributed by atoms with Crippen LogP contribution in [0.5, 0.6) is 0 Å². The second-order valence-corrected chi connectivity index (χ2v) is 7.64. The Balaban J connectivity index is 1.98. The highest BCUT2D eigenvalue weighted by Crippen LogP contribution is 2.34. The molecule has 188 valence electrons. The summed E-state index contributed by atoms with van der Waals surface area (Å²) in [4.78, 5) is 33.6. The van der Waals surface area contributed by atoms with Gasteiger partial charge >= 0.3 is 18.3 Å². The van der Waals surface area contributed by atoms with Crippen molar-refractivity contribution in [3.8, 4) is 22.4 Å². The second-order valence-electron chi connectivity index (χ2n) is 7.64. The van der Waals surface area contributed by atoms with Gasteiger partial charge in [-0.2, -0.15) is 26.3 Å². The third-order valence-electron chi connectivity index (χ3n) is 5.27. The monoisotopic (exact) mass is 510 g/mol. The lowest BCUT2D eigenvalue weighted by Crippen LogP contribution is -2.26. The highest BCUT2D eigenvalue weighted by atomic mass is 19.4. The molecule has 36 heavy (non-hydrogen) atoms. The SMILES string of the molecule is CCOC(=O)c1c(-c2ccc(C(F)(F)F)nc2)nc2c(-c3ccc(C(F)(F)F)cc3)c(C)[nH]n2c1=O. The van der Waals surface area contributed by atoms with Gasteiger partial charge in [0, 0.05) is 23.0 Å². The summed E-state index contributed by atoms with van der Waals surface area (Å²) in [5, 5.41) is 2.73. The zero-order valence-corrected chi connectivity index (χ0v) is 18.6. The first-order chi connectivity index (χ1) is 16.8. The number of halogens is 6. The van der Waals surface area contributed by atoms with E-state index in [0.717, 1.165) is 28.9 Å². The Morgan fingerprint density at radius 1 is 1.00 bits per heavy atom. The van der Waals surface area contributed by atoms with E-state index in [2.05, 4.69) is 15.1 Å². The molecule has 13 heteroatoms. The Morgan fingerprint density at radius 3 is 2.17 bits per heavy atom. The molecular formula is C23H16F6N4O3. The maximum absolute atomic E-state index is 13.3. The van der Waals surface area contributed by atoms with E-state index in [1.807, 2.05) is 0 Å². The number of hydrogen-bond donors (Lipinski definition) is 1. The van der Waals surface area contributed by atoms with Crippen molar-refractivity contribution < 1.29 is 35.9 Å². The average molecular weight is 510 g/mol. The Labute approximate surface area is 198 Å².